The van der Waals surface area contributed by atoms with E-state index in [0.29, 0.717) is 23.5 Å². The molecule has 1 aromatic rings. The minimum Gasteiger partial charge on any atom is -0.356 e. The molecule has 20 heavy (non-hydrogen) atoms. The molecule has 2 heterocycles. The molecule has 1 aromatic heterocycles. The summed E-state index contributed by atoms with van der Waals surface area (Å²) in [7, 11) is 0. The van der Waals surface area contributed by atoms with Crippen molar-refractivity contribution < 1.29 is 13.2 Å². The molecule has 2 N–H and O–H groups in total. The standard InChI is InChI=1S/C13H17BrF3N3/c1-8(18)9-2-4-20(5-3-9)12-11(13(15,16)17)6-10(14)7-19-12/h6-9H,2-5,18H2,1H3. The third kappa shape index (κ3) is 3.44. The summed E-state index contributed by atoms with van der Waals surface area (Å²) in [6, 6.07) is 1.16. The molecule has 0 spiro atoms. The van der Waals surface area contributed by atoms with Crippen LogP contribution in [0, 0.1) is 5.92 Å². The molecule has 1 aliphatic heterocycles. The Kier molecular flexibility index (Phi) is 4.59. The van der Waals surface area contributed by atoms with Crippen molar-refractivity contribution in [3.8, 4) is 0 Å². The molecule has 0 amide bonds. The zero-order chi connectivity index (χ0) is 14.9. The summed E-state index contributed by atoms with van der Waals surface area (Å²) in [6.45, 7) is 3.06. The van der Waals surface area contributed by atoms with Crippen LogP contribution in [0.5, 0.6) is 0 Å². The van der Waals surface area contributed by atoms with Crippen LogP contribution in [0.3, 0.4) is 0 Å². The van der Waals surface area contributed by atoms with E-state index >= 15 is 0 Å². The molecule has 112 valence electrons. The predicted octanol–water partition coefficient (Wildman–Crippen LogP) is 3.43. The maximum absolute atomic E-state index is 13.1. The lowest BCUT2D eigenvalue weighted by atomic mass is 9.91. The van der Waals surface area contributed by atoms with E-state index in [4.69, 9.17) is 5.73 Å². The van der Waals surface area contributed by atoms with E-state index in [2.05, 4.69) is 20.9 Å². The number of piperidine rings is 1. The average Bonchev–Trinajstić information content (AvgIpc) is 2.38. The number of pyridine rings is 1. The van der Waals surface area contributed by atoms with E-state index in [-0.39, 0.29) is 11.9 Å². The van der Waals surface area contributed by atoms with Crippen molar-refractivity contribution in [3.63, 3.8) is 0 Å². The van der Waals surface area contributed by atoms with Crippen LogP contribution in [0.15, 0.2) is 16.7 Å². The first-order valence-electron chi connectivity index (χ1n) is 6.52. The van der Waals surface area contributed by atoms with Crippen molar-refractivity contribution in [2.75, 3.05) is 18.0 Å². The first-order valence-corrected chi connectivity index (χ1v) is 7.31. The third-order valence-corrected chi connectivity index (χ3v) is 4.16. The van der Waals surface area contributed by atoms with Gasteiger partial charge in [-0.25, -0.2) is 4.98 Å². The number of halogens is 4. The summed E-state index contributed by atoms with van der Waals surface area (Å²) in [5.74, 6) is 0.389. The lowest BCUT2D eigenvalue weighted by molar-refractivity contribution is -0.137. The number of hydrogen-bond donors (Lipinski definition) is 1. The Morgan fingerprint density at radius 3 is 2.50 bits per heavy atom. The zero-order valence-corrected chi connectivity index (χ0v) is 12.7. The number of nitrogens with two attached hydrogens (primary N) is 1. The molecule has 0 bridgehead atoms. The van der Waals surface area contributed by atoms with Crippen LogP contribution < -0.4 is 10.6 Å². The molecular weight excluding hydrogens is 335 g/mol. The summed E-state index contributed by atoms with van der Waals surface area (Å²) < 4.78 is 39.6. The lowest BCUT2D eigenvalue weighted by Crippen LogP contribution is -2.40. The highest BCUT2D eigenvalue weighted by Crippen LogP contribution is 2.38. The van der Waals surface area contributed by atoms with Crippen molar-refractivity contribution in [2.45, 2.75) is 32.0 Å². The summed E-state index contributed by atoms with van der Waals surface area (Å²) >= 11 is 3.04. The van der Waals surface area contributed by atoms with Gasteiger partial charge in [-0.2, -0.15) is 13.2 Å². The summed E-state index contributed by atoms with van der Waals surface area (Å²) in [4.78, 5) is 5.67. The van der Waals surface area contributed by atoms with Crippen molar-refractivity contribution in [1.29, 1.82) is 0 Å². The van der Waals surface area contributed by atoms with E-state index in [9.17, 15) is 13.2 Å². The molecule has 3 nitrogen and oxygen atoms in total. The van der Waals surface area contributed by atoms with Crippen molar-refractivity contribution in [2.24, 2.45) is 11.7 Å². The number of aromatic nitrogens is 1. The number of hydrogen-bond acceptors (Lipinski definition) is 3. The van der Waals surface area contributed by atoms with Gasteiger partial charge in [0.2, 0.25) is 0 Å². The van der Waals surface area contributed by atoms with Gasteiger partial charge in [0.05, 0.1) is 5.56 Å². The number of rotatable bonds is 2. The Morgan fingerprint density at radius 1 is 1.40 bits per heavy atom. The van der Waals surface area contributed by atoms with Gasteiger partial charge in [-0.3, -0.25) is 0 Å². The fourth-order valence-electron chi connectivity index (χ4n) is 2.53. The fourth-order valence-corrected chi connectivity index (χ4v) is 2.86. The monoisotopic (exact) mass is 351 g/mol. The zero-order valence-electron chi connectivity index (χ0n) is 11.1. The number of nitrogens with zero attached hydrogens (tertiary/aromatic N) is 2. The highest BCUT2D eigenvalue weighted by atomic mass is 79.9. The summed E-state index contributed by atoms with van der Waals surface area (Å²) in [6.07, 6.45) is -1.40. The third-order valence-electron chi connectivity index (χ3n) is 3.72. The molecule has 1 saturated heterocycles. The van der Waals surface area contributed by atoms with Crippen LogP contribution in [0.25, 0.3) is 0 Å². The molecule has 1 aliphatic rings. The second-order valence-electron chi connectivity index (χ2n) is 5.21. The highest BCUT2D eigenvalue weighted by molar-refractivity contribution is 9.10. The molecule has 0 aliphatic carbocycles. The number of anilines is 1. The molecule has 0 aromatic carbocycles. The Hall–Kier alpha value is -0.820. The molecule has 1 unspecified atom stereocenters. The van der Waals surface area contributed by atoms with Gasteiger partial charge in [0.15, 0.2) is 0 Å². The van der Waals surface area contributed by atoms with Gasteiger partial charge in [0, 0.05) is 29.8 Å². The minimum absolute atomic E-state index is 0.0174. The average molecular weight is 352 g/mol. The van der Waals surface area contributed by atoms with Gasteiger partial charge >= 0.3 is 6.18 Å². The molecule has 0 saturated carbocycles. The van der Waals surface area contributed by atoms with Crippen molar-refractivity contribution >= 4 is 21.7 Å². The normalized spacial score (nSPS) is 19.2. The maximum Gasteiger partial charge on any atom is 0.419 e. The molecule has 1 atom stereocenters. The summed E-state index contributed by atoms with van der Waals surface area (Å²) in [5.41, 5.74) is 5.16. The molecule has 1 fully saturated rings. The molecule has 0 radical (unpaired) electrons. The van der Waals surface area contributed by atoms with E-state index < -0.39 is 11.7 Å². The Balaban J connectivity index is 2.22. The largest absolute Gasteiger partial charge is 0.419 e. The van der Waals surface area contributed by atoms with Crippen molar-refractivity contribution in [1.82, 2.24) is 4.98 Å². The highest BCUT2D eigenvalue weighted by Gasteiger charge is 2.37. The van der Waals surface area contributed by atoms with Crippen LogP contribution in [-0.2, 0) is 6.18 Å². The topological polar surface area (TPSA) is 42.1 Å². The summed E-state index contributed by atoms with van der Waals surface area (Å²) in [5, 5.41) is 0. The second kappa shape index (κ2) is 5.89. The Bertz CT molecular complexity index is 468. The van der Waals surface area contributed by atoms with Gasteiger partial charge in [-0.1, -0.05) is 0 Å². The van der Waals surface area contributed by atoms with Gasteiger partial charge in [0.25, 0.3) is 0 Å². The van der Waals surface area contributed by atoms with Crippen LogP contribution in [0.4, 0.5) is 19.0 Å². The molecule has 7 heteroatoms. The van der Waals surface area contributed by atoms with Crippen LogP contribution in [0.2, 0.25) is 0 Å². The fraction of sp³-hybridized carbons (Fsp3) is 0.615. The smallest absolute Gasteiger partial charge is 0.356 e. The Morgan fingerprint density at radius 2 is 2.00 bits per heavy atom. The first kappa shape index (κ1) is 15.6. The molecular formula is C13H17BrF3N3. The van der Waals surface area contributed by atoms with Gasteiger partial charge in [-0.15, -0.1) is 0 Å². The van der Waals surface area contributed by atoms with E-state index in [1.165, 1.54) is 6.20 Å². The predicted molar refractivity (Wildman–Crippen MR) is 75.5 cm³/mol. The molecule has 2 rings (SSSR count). The number of alkyl halides is 3. The lowest BCUT2D eigenvalue weighted by Gasteiger charge is -2.35. The quantitative estimate of drug-likeness (QED) is 0.887. The minimum atomic E-state index is -4.40. The SMILES string of the molecule is CC(N)C1CCN(c2ncc(Br)cc2C(F)(F)F)CC1. The van der Waals surface area contributed by atoms with Crippen LogP contribution >= 0.6 is 15.9 Å². The van der Waals surface area contributed by atoms with Gasteiger partial charge < -0.3 is 10.6 Å². The van der Waals surface area contributed by atoms with Crippen molar-refractivity contribution in [3.05, 3.63) is 22.3 Å². The van der Waals surface area contributed by atoms with E-state index in [1.54, 1.807) is 4.90 Å². The van der Waals surface area contributed by atoms with Crippen LogP contribution in [0.1, 0.15) is 25.3 Å². The second-order valence-corrected chi connectivity index (χ2v) is 6.12. The maximum atomic E-state index is 13.1. The first-order chi connectivity index (χ1) is 9.29. The Labute approximate surface area is 124 Å². The van der Waals surface area contributed by atoms with E-state index in [1.807, 2.05) is 6.92 Å². The van der Waals surface area contributed by atoms with E-state index in [0.717, 1.165) is 18.9 Å². The van der Waals surface area contributed by atoms with Gasteiger partial charge in [-0.05, 0) is 47.7 Å². The van der Waals surface area contributed by atoms with Crippen LogP contribution in [-0.4, -0.2) is 24.1 Å². The van der Waals surface area contributed by atoms with Gasteiger partial charge in [0.1, 0.15) is 5.82 Å².